The highest BCUT2D eigenvalue weighted by Gasteiger charge is 2.15. The third-order valence-corrected chi connectivity index (χ3v) is 2.83. The summed E-state index contributed by atoms with van der Waals surface area (Å²) >= 11 is 0. The molecule has 0 aliphatic carbocycles. The Balaban J connectivity index is 2.40. The van der Waals surface area contributed by atoms with Gasteiger partial charge in [0.05, 0.1) is 17.5 Å². The fraction of sp³-hybridized carbons (Fsp3) is 0.0625. The molecule has 0 amide bonds. The molecular weight excluding hydrogens is 298 g/mol. The zero-order valence-corrected chi connectivity index (χ0v) is 11.1. The SMILES string of the molecule is N#Cc1ccc(-c2c(F)cc(OCC=CF)cc2F)cc1F. The molecule has 0 aliphatic rings. The van der Waals surface area contributed by atoms with Crippen LogP contribution < -0.4 is 4.74 Å². The number of ether oxygens (including phenoxy) is 1. The average molecular weight is 307 g/mol. The second-order valence-corrected chi connectivity index (χ2v) is 4.24. The zero-order valence-electron chi connectivity index (χ0n) is 11.1. The van der Waals surface area contributed by atoms with Crippen LogP contribution in [0.3, 0.4) is 0 Å². The standard InChI is InChI=1S/C16H9F4NO/c17-4-1-5-22-12-7-14(19)16(15(20)8-12)10-2-3-11(9-21)13(18)6-10/h1-4,6-8H,5H2. The van der Waals surface area contributed by atoms with Crippen molar-refractivity contribution in [2.45, 2.75) is 0 Å². The van der Waals surface area contributed by atoms with Crippen molar-refractivity contribution >= 4 is 0 Å². The van der Waals surface area contributed by atoms with Gasteiger partial charge in [0.15, 0.2) is 0 Å². The normalized spacial score (nSPS) is 10.7. The maximum atomic E-state index is 14.0. The van der Waals surface area contributed by atoms with Gasteiger partial charge in [-0.05, 0) is 23.8 Å². The van der Waals surface area contributed by atoms with Gasteiger partial charge in [-0.3, -0.25) is 0 Å². The molecule has 6 heteroatoms. The van der Waals surface area contributed by atoms with Crippen molar-refractivity contribution in [1.29, 1.82) is 5.26 Å². The van der Waals surface area contributed by atoms with E-state index in [1.165, 1.54) is 6.07 Å². The van der Waals surface area contributed by atoms with Crippen molar-refractivity contribution in [2.75, 3.05) is 6.61 Å². The predicted octanol–water partition coefficient (Wildman–Crippen LogP) is 4.50. The lowest BCUT2D eigenvalue weighted by Crippen LogP contribution is -1.98. The molecule has 0 aliphatic heterocycles. The Bertz CT molecular complexity index is 742. The maximum Gasteiger partial charge on any atom is 0.141 e. The van der Waals surface area contributed by atoms with Crippen LogP contribution in [0.5, 0.6) is 5.75 Å². The molecule has 0 radical (unpaired) electrons. The van der Waals surface area contributed by atoms with E-state index in [0.29, 0.717) is 0 Å². The highest BCUT2D eigenvalue weighted by Crippen LogP contribution is 2.30. The van der Waals surface area contributed by atoms with E-state index in [4.69, 9.17) is 10.00 Å². The van der Waals surface area contributed by atoms with Crippen LogP contribution in [0.4, 0.5) is 17.6 Å². The van der Waals surface area contributed by atoms with E-state index in [2.05, 4.69) is 0 Å². The molecule has 2 aromatic rings. The summed E-state index contributed by atoms with van der Waals surface area (Å²) in [6.45, 7) is -0.180. The fourth-order valence-corrected chi connectivity index (χ4v) is 1.85. The van der Waals surface area contributed by atoms with E-state index in [9.17, 15) is 17.6 Å². The monoisotopic (exact) mass is 307 g/mol. The average Bonchev–Trinajstić information content (AvgIpc) is 2.47. The Morgan fingerprint density at radius 2 is 1.73 bits per heavy atom. The van der Waals surface area contributed by atoms with Crippen LogP contribution in [0.25, 0.3) is 11.1 Å². The van der Waals surface area contributed by atoms with Gasteiger partial charge in [-0.25, -0.2) is 17.6 Å². The van der Waals surface area contributed by atoms with Gasteiger partial charge in [-0.2, -0.15) is 5.26 Å². The van der Waals surface area contributed by atoms with E-state index in [-0.39, 0.29) is 29.8 Å². The molecule has 0 unspecified atom stereocenters. The molecule has 0 spiro atoms. The molecule has 0 atom stereocenters. The molecule has 2 rings (SSSR count). The van der Waals surface area contributed by atoms with E-state index >= 15 is 0 Å². The summed E-state index contributed by atoms with van der Waals surface area (Å²) in [5, 5.41) is 8.64. The molecule has 0 saturated carbocycles. The highest BCUT2D eigenvalue weighted by atomic mass is 19.1. The number of nitriles is 1. The van der Waals surface area contributed by atoms with E-state index in [1.807, 2.05) is 0 Å². The number of halogens is 4. The molecule has 0 bridgehead atoms. The second kappa shape index (κ2) is 6.76. The van der Waals surface area contributed by atoms with Gasteiger partial charge in [0.25, 0.3) is 0 Å². The first-order valence-corrected chi connectivity index (χ1v) is 6.14. The summed E-state index contributed by atoms with van der Waals surface area (Å²) in [5.74, 6) is -2.90. The van der Waals surface area contributed by atoms with Crippen LogP contribution >= 0.6 is 0 Å². The van der Waals surface area contributed by atoms with Gasteiger partial charge in [0, 0.05) is 12.1 Å². The van der Waals surface area contributed by atoms with Crippen LogP contribution in [0.15, 0.2) is 42.7 Å². The molecule has 0 fully saturated rings. The summed E-state index contributed by atoms with van der Waals surface area (Å²) in [4.78, 5) is 0. The number of benzene rings is 2. The molecular formula is C16H9F4NO. The maximum absolute atomic E-state index is 14.0. The fourth-order valence-electron chi connectivity index (χ4n) is 1.85. The number of hydrogen-bond donors (Lipinski definition) is 0. The summed E-state index contributed by atoms with van der Waals surface area (Å²) in [6.07, 6.45) is 1.28. The first kappa shape index (κ1) is 15.6. The Labute approximate surface area is 123 Å². The molecule has 0 saturated heterocycles. The van der Waals surface area contributed by atoms with Crippen LogP contribution in [-0.2, 0) is 0 Å². The Morgan fingerprint density at radius 3 is 2.27 bits per heavy atom. The smallest absolute Gasteiger partial charge is 0.141 e. The molecule has 0 aromatic heterocycles. The molecule has 112 valence electrons. The van der Waals surface area contributed by atoms with Gasteiger partial charge in [0.2, 0.25) is 0 Å². The van der Waals surface area contributed by atoms with Gasteiger partial charge >= 0.3 is 0 Å². The zero-order chi connectivity index (χ0) is 16.1. The summed E-state index contributed by atoms with van der Waals surface area (Å²) in [7, 11) is 0. The van der Waals surface area contributed by atoms with Gasteiger partial charge in [-0.1, -0.05) is 6.07 Å². The first-order chi connectivity index (χ1) is 10.6. The summed E-state index contributed by atoms with van der Waals surface area (Å²) in [6, 6.07) is 6.72. The second-order valence-electron chi connectivity index (χ2n) is 4.24. The minimum absolute atomic E-state index is 0.0401. The van der Waals surface area contributed by atoms with Crippen molar-refractivity contribution < 1.29 is 22.3 Å². The van der Waals surface area contributed by atoms with E-state index in [1.54, 1.807) is 6.07 Å². The lowest BCUT2D eigenvalue weighted by molar-refractivity contribution is 0.356. The number of hydrogen-bond acceptors (Lipinski definition) is 2. The minimum atomic E-state index is -0.955. The summed E-state index contributed by atoms with van der Waals surface area (Å²) in [5.41, 5.74) is -0.694. The third kappa shape index (κ3) is 3.26. The van der Waals surface area contributed by atoms with E-state index < -0.39 is 23.0 Å². The van der Waals surface area contributed by atoms with Crippen molar-refractivity contribution in [2.24, 2.45) is 0 Å². The van der Waals surface area contributed by atoms with Gasteiger partial charge < -0.3 is 4.74 Å². The molecule has 2 aromatic carbocycles. The highest BCUT2D eigenvalue weighted by molar-refractivity contribution is 5.66. The van der Waals surface area contributed by atoms with Crippen LogP contribution in [0.1, 0.15) is 5.56 Å². The largest absolute Gasteiger partial charge is 0.489 e. The van der Waals surface area contributed by atoms with Crippen LogP contribution in [0, 0.1) is 28.8 Å². The third-order valence-electron chi connectivity index (χ3n) is 2.83. The first-order valence-electron chi connectivity index (χ1n) is 6.14. The minimum Gasteiger partial charge on any atom is -0.489 e. The van der Waals surface area contributed by atoms with Crippen LogP contribution in [0.2, 0.25) is 0 Å². The van der Waals surface area contributed by atoms with E-state index in [0.717, 1.165) is 30.3 Å². The van der Waals surface area contributed by atoms with Crippen molar-refractivity contribution in [1.82, 2.24) is 0 Å². The lowest BCUT2D eigenvalue weighted by atomic mass is 10.0. The molecule has 22 heavy (non-hydrogen) atoms. The summed E-state index contributed by atoms with van der Waals surface area (Å²) < 4.78 is 58.3. The van der Waals surface area contributed by atoms with Gasteiger partial charge in [-0.15, -0.1) is 0 Å². The Hall–Kier alpha value is -2.81. The van der Waals surface area contributed by atoms with Crippen molar-refractivity contribution in [3.63, 3.8) is 0 Å². The number of rotatable bonds is 4. The molecule has 2 nitrogen and oxygen atoms in total. The quantitative estimate of drug-likeness (QED) is 0.779. The predicted molar refractivity (Wildman–Crippen MR) is 72.2 cm³/mol. The Morgan fingerprint density at radius 1 is 1.05 bits per heavy atom. The van der Waals surface area contributed by atoms with Crippen molar-refractivity contribution in [3.05, 3.63) is 65.8 Å². The van der Waals surface area contributed by atoms with Gasteiger partial charge in [0.1, 0.15) is 35.9 Å². The molecule has 0 heterocycles. The lowest BCUT2D eigenvalue weighted by Gasteiger charge is -2.09. The number of nitrogens with zero attached hydrogens (tertiary/aromatic N) is 1. The molecule has 0 N–H and O–H groups in total. The van der Waals surface area contributed by atoms with Crippen LogP contribution in [-0.4, -0.2) is 6.61 Å². The van der Waals surface area contributed by atoms with Crippen molar-refractivity contribution in [3.8, 4) is 22.9 Å². The Kier molecular flexibility index (Phi) is 4.79. The topological polar surface area (TPSA) is 33.0 Å².